The zero-order valence-electron chi connectivity index (χ0n) is 19.7. The third-order valence-corrected chi connectivity index (χ3v) is 7.56. The number of pyridine rings is 1. The van der Waals surface area contributed by atoms with Crippen molar-refractivity contribution in [1.29, 1.82) is 0 Å². The zero-order valence-corrected chi connectivity index (χ0v) is 21.3. The van der Waals surface area contributed by atoms with Gasteiger partial charge in [-0.2, -0.15) is 0 Å². The first-order valence-electron chi connectivity index (χ1n) is 10.9. The number of oxime groups is 1. The van der Waals surface area contributed by atoms with Crippen LogP contribution in [0, 0.1) is 0 Å². The monoisotopic (exact) mass is 547 g/mol. The Hall–Kier alpha value is -3.98. The third-order valence-electron chi connectivity index (χ3n) is 5.55. The van der Waals surface area contributed by atoms with Gasteiger partial charge in [0.05, 0.1) is 0 Å². The van der Waals surface area contributed by atoms with E-state index in [9.17, 15) is 29.4 Å². The number of aromatic nitrogens is 2. The molecule has 1 fully saturated rings. The van der Waals surface area contributed by atoms with Gasteiger partial charge in [-0.15, -0.1) is 23.1 Å². The summed E-state index contributed by atoms with van der Waals surface area (Å²) in [5, 5.41) is 26.3. The average Bonchev–Trinajstić information content (AvgIpc) is 3.28. The Bertz CT molecular complexity index is 1320. The van der Waals surface area contributed by atoms with Crippen LogP contribution >= 0.6 is 23.1 Å². The van der Waals surface area contributed by atoms with Crippen LogP contribution in [0.1, 0.15) is 19.5 Å². The molecule has 4 rings (SSSR count). The van der Waals surface area contributed by atoms with Gasteiger partial charge in [0, 0.05) is 28.8 Å². The third kappa shape index (κ3) is 5.27. The number of nitrogen functional groups attached to an aromatic ring is 1. The first-order chi connectivity index (χ1) is 17.5. The van der Waals surface area contributed by atoms with Crippen molar-refractivity contribution in [1.82, 2.24) is 15.2 Å². The van der Waals surface area contributed by atoms with Crippen molar-refractivity contribution in [2.75, 3.05) is 11.5 Å². The minimum Gasteiger partial charge on any atom is -0.478 e. The van der Waals surface area contributed by atoms with Gasteiger partial charge in [-0.05, 0) is 13.8 Å². The van der Waals surface area contributed by atoms with Gasteiger partial charge in [0.1, 0.15) is 22.8 Å². The number of anilines is 1. The number of thiazole rings is 1. The van der Waals surface area contributed by atoms with Gasteiger partial charge < -0.3 is 26.1 Å². The minimum absolute atomic E-state index is 0.0365. The smallest absolute Gasteiger partial charge is 0.352 e. The van der Waals surface area contributed by atoms with Crippen molar-refractivity contribution >= 4 is 57.7 Å². The molecule has 2 atom stereocenters. The largest absolute Gasteiger partial charge is 0.478 e. The van der Waals surface area contributed by atoms with E-state index in [1.807, 2.05) is 22.8 Å². The van der Waals surface area contributed by atoms with Crippen LogP contribution in [-0.2, 0) is 30.6 Å². The second-order valence-electron chi connectivity index (χ2n) is 8.58. The summed E-state index contributed by atoms with van der Waals surface area (Å²) in [6.45, 7) is 2.80. The van der Waals surface area contributed by atoms with Crippen LogP contribution in [0.15, 0.2) is 52.4 Å². The van der Waals surface area contributed by atoms with Crippen LogP contribution in [0.2, 0.25) is 0 Å². The van der Waals surface area contributed by atoms with E-state index >= 15 is 0 Å². The fraction of sp³-hybridized carbons (Fsp3) is 0.318. The summed E-state index contributed by atoms with van der Waals surface area (Å²) in [6, 6.07) is 4.44. The van der Waals surface area contributed by atoms with Crippen molar-refractivity contribution in [3.63, 3.8) is 0 Å². The molecule has 37 heavy (non-hydrogen) atoms. The Labute approximate surface area is 218 Å². The number of fused-ring (bicyclic) bond motifs is 1. The van der Waals surface area contributed by atoms with Crippen LogP contribution < -0.4 is 15.6 Å². The minimum atomic E-state index is -1.75. The number of carbonyl (C=O) groups is 4. The normalized spacial score (nSPS) is 19.7. The summed E-state index contributed by atoms with van der Waals surface area (Å²) in [7, 11) is 0. The van der Waals surface area contributed by atoms with Crippen molar-refractivity contribution in [3.05, 3.63) is 52.9 Å². The van der Waals surface area contributed by atoms with Crippen molar-refractivity contribution < 1.29 is 38.8 Å². The summed E-state index contributed by atoms with van der Waals surface area (Å²) in [6.07, 6.45) is 3.59. The summed E-state index contributed by atoms with van der Waals surface area (Å²) in [4.78, 5) is 59.9. The first-order valence-corrected chi connectivity index (χ1v) is 12.8. The molecule has 15 heteroatoms. The number of nitrogens with zero attached hydrogens (tertiary/aromatic N) is 4. The van der Waals surface area contributed by atoms with Gasteiger partial charge in [-0.25, -0.2) is 19.1 Å². The number of carboxylic acid groups (broad SMARTS) is 2. The maximum Gasteiger partial charge on any atom is 0.352 e. The summed E-state index contributed by atoms with van der Waals surface area (Å²) < 4.78 is 1.81. The molecule has 0 aromatic carbocycles. The van der Waals surface area contributed by atoms with Gasteiger partial charge in [0.2, 0.25) is 5.60 Å². The molecule has 0 spiro atoms. The van der Waals surface area contributed by atoms with E-state index in [0.29, 0.717) is 17.9 Å². The van der Waals surface area contributed by atoms with Crippen LogP contribution in [0.25, 0.3) is 0 Å². The Morgan fingerprint density at radius 3 is 2.59 bits per heavy atom. The molecule has 0 bridgehead atoms. The van der Waals surface area contributed by atoms with E-state index in [4.69, 9.17) is 10.6 Å². The number of aliphatic carboxylic acids is 2. The quantitative estimate of drug-likeness (QED) is 0.144. The molecule has 13 nitrogen and oxygen atoms in total. The maximum atomic E-state index is 13.1. The Kier molecular flexibility index (Phi) is 7.18. The number of carboxylic acids is 2. The van der Waals surface area contributed by atoms with Gasteiger partial charge in [-0.3, -0.25) is 14.5 Å². The van der Waals surface area contributed by atoms with Crippen LogP contribution in [0.5, 0.6) is 0 Å². The summed E-state index contributed by atoms with van der Waals surface area (Å²) in [5.41, 5.74) is 4.04. The second kappa shape index (κ2) is 10.2. The van der Waals surface area contributed by atoms with Gasteiger partial charge in [0.15, 0.2) is 29.8 Å². The van der Waals surface area contributed by atoms with E-state index < -0.39 is 40.8 Å². The first kappa shape index (κ1) is 26.1. The molecule has 194 valence electrons. The van der Waals surface area contributed by atoms with Crippen LogP contribution in [0.4, 0.5) is 5.13 Å². The number of thioether (sulfide) groups is 1. The zero-order chi connectivity index (χ0) is 26.9. The predicted octanol–water partition coefficient (Wildman–Crippen LogP) is 0.0355. The van der Waals surface area contributed by atoms with E-state index in [0.717, 1.165) is 11.3 Å². The highest BCUT2D eigenvalue weighted by atomic mass is 32.2. The number of hydrogen-bond donors (Lipinski definition) is 4. The van der Waals surface area contributed by atoms with Crippen LogP contribution in [-0.4, -0.2) is 72.3 Å². The summed E-state index contributed by atoms with van der Waals surface area (Å²) >= 11 is 2.35. The molecule has 2 aliphatic heterocycles. The van der Waals surface area contributed by atoms with Gasteiger partial charge in [-0.1, -0.05) is 11.2 Å². The van der Waals surface area contributed by atoms with E-state index in [2.05, 4.69) is 15.5 Å². The molecule has 2 aromatic rings. The molecule has 2 aliphatic rings. The molecule has 4 heterocycles. The lowest BCUT2D eigenvalue weighted by Crippen LogP contribution is -2.71. The van der Waals surface area contributed by atoms with E-state index in [1.54, 1.807) is 12.4 Å². The molecule has 1 saturated heterocycles. The molecule has 2 amide bonds. The highest BCUT2D eigenvalue weighted by Gasteiger charge is 2.54. The molecule has 2 aromatic heterocycles. The van der Waals surface area contributed by atoms with Crippen molar-refractivity contribution in [2.24, 2.45) is 5.16 Å². The highest BCUT2D eigenvalue weighted by molar-refractivity contribution is 8.00. The fourth-order valence-electron chi connectivity index (χ4n) is 3.57. The SMILES string of the molecule is CC(C)(ON=C(C(=O)NC1C(=O)N2C(C(=O)O)=C(C[n+]3ccccc3)CSC12)c1csc(N)n1)C(=O)O. The lowest BCUT2D eigenvalue weighted by molar-refractivity contribution is -0.689. The molecular formula is C22H23N6O7S2+. The fourth-order valence-corrected chi connectivity index (χ4v) is 5.46. The predicted molar refractivity (Wildman–Crippen MR) is 132 cm³/mol. The highest BCUT2D eigenvalue weighted by Crippen LogP contribution is 2.40. The topological polar surface area (TPSA) is 188 Å². The van der Waals surface area contributed by atoms with E-state index in [-0.39, 0.29) is 22.2 Å². The number of β-lactam (4-membered cyclic amide) rings is 1. The molecule has 5 N–H and O–H groups in total. The number of rotatable bonds is 9. The number of hydrogen-bond acceptors (Lipinski definition) is 10. The lowest BCUT2D eigenvalue weighted by atomic mass is 10.0. The van der Waals surface area contributed by atoms with Gasteiger partial charge in [0.25, 0.3) is 11.8 Å². The standard InChI is InChI=1S/C22H22N6O7S2/c1-22(2,20(33)34)35-26-13(12-10-37-21(23)24-12)16(29)25-14-17(30)28-15(19(31)32)11(9-36-18(14)28)8-27-6-4-3-5-7-27/h3-7,10,14,18H,8-9H2,1-2H3,(H4-,23,24,25,29,31,32,33,34)/p+1. The number of carbonyl (C=O) groups excluding carboxylic acids is 2. The van der Waals surface area contributed by atoms with Crippen LogP contribution in [0.3, 0.4) is 0 Å². The Balaban J connectivity index is 1.55. The van der Waals surface area contributed by atoms with E-state index in [1.165, 1.54) is 35.9 Å². The molecule has 0 aliphatic carbocycles. The summed E-state index contributed by atoms with van der Waals surface area (Å²) in [5.74, 6) is -3.66. The Morgan fingerprint density at radius 2 is 2.00 bits per heavy atom. The number of nitrogens with one attached hydrogen (secondary N) is 1. The molecule has 0 saturated carbocycles. The Morgan fingerprint density at radius 1 is 1.30 bits per heavy atom. The van der Waals surface area contributed by atoms with Gasteiger partial charge >= 0.3 is 11.9 Å². The van der Waals surface area contributed by atoms with Crippen molar-refractivity contribution in [2.45, 2.75) is 37.4 Å². The average molecular weight is 548 g/mol. The molecule has 0 radical (unpaired) electrons. The lowest BCUT2D eigenvalue weighted by Gasteiger charge is -2.49. The molecule has 2 unspecified atom stereocenters. The maximum absolute atomic E-state index is 13.1. The van der Waals surface area contributed by atoms with Crippen molar-refractivity contribution in [3.8, 4) is 0 Å². The number of nitrogens with two attached hydrogens (primary N) is 1. The number of amides is 2. The molecular weight excluding hydrogens is 524 g/mol. The second-order valence-corrected chi connectivity index (χ2v) is 10.6.